The van der Waals surface area contributed by atoms with E-state index in [0.717, 1.165) is 12.1 Å². The second-order valence-electron chi connectivity index (χ2n) is 4.30. The molecule has 0 amide bonds. The molecule has 1 aromatic rings. The maximum atomic E-state index is 12.9. The van der Waals surface area contributed by atoms with E-state index in [-0.39, 0.29) is 17.0 Å². The van der Waals surface area contributed by atoms with Crippen LogP contribution in [0, 0.1) is 11.2 Å². The molecule has 0 radical (unpaired) electrons. The average molecular weight is 246 g/mol. The Hall–Kier alpha value is -0.800. The van der Waals surface area contributed by atoms with E-state index < -0.39 is 5.82 Å². The van der Waals surface area contributed by atoms with E-state index in [2.05, 4.69) is 5.32 Å². The second kappa shape index (κ2) is 5.51. The zero-order valence-corrected chi connectivity index (χ0v) is 10.3. The minimum absolute atomic E-state index is 0.104. The number of aliphatic hydroxyl groups is 1. The van der Waals surface area contributed by atoms with Crippen molar-refractivity contribution in [1.82, 2.24) is 0 Å². The maximum absolute atomic E-state index is 12.9. The first kappa shape index (κ1) is 13.3. The van der Waals surface area contributed by atoms with Gasteiger partial charge in [0.15, 0.2) is 0 Å². The molecule has 0 heterocycles. The molecular formula is C12H17ClFNO. The van der Waals surface area contributed by atoms with Gasteiger partial charge in [0.2, 0.25) is 0 Å². The van der Waals surface area contributed by atoms with Crippen molar-refractivity contribution in [2.45, 2.75) is 20.3 Å². The highest BCUT2D eigenvalue weighted by Crippen LogP contribution is 2.23. The van der Waals surface area contributed by atoms with Gasteiger partial charge in [-0.2, -0.15) is 0 Å². The summed E-state index contributed by atoms with van der Waals surface area (Å²) in [5.41, 5.74) is 0.598. The molecule has 0 spiro atoms. The van der Waals surface area contributed by atoms with Crippen LogP contribution in [0.25, 0.3) is 0 Å². The Kier molecular flexibility index (Phi) is 4.56. The third-order valence-corrected chi connectivity index (χ3v) is 3.16. The molecule has 0 aliphatic carbocycles. The summed E-state index contributed by atoms with van der Waals surface area (Å²) in [5.74, 6) is -0.423. The van der Waals surface area contributed by atoms with Crippen LogP contribution in [0.1, 0.15) is 20.3 Å². The molecule has 4 heteroatoms. The van der Waals surface area contributed by atoms with Gasteiger partial charge in [-0.15, -0.1) is 0 Å². The van der Waals surface area contributed by atoms with Crippen LogP contribution in [-0.2, 0) is 0 Å². The molecule has 16 heavy (non-hydrogen) atoms. The smallest absolute Gasteiger partial charge is 0.141 e. The Labute approximate surface area is 100 Å². The molecule has 0 bridgehead atoms. The summed E-state index contributed by atoms with van der Waals surface area (Å²) in [6, 6.07) is 4.51. The second-order valence-corrected chi connectivity index (χ2v) is 4.71. The standard InChI is InChI=1S/C12H17ClFNO/c1-3-12(2,8-16)7-15-9-4-5-11(14)10(13)6-9/h4-6,15-16H,3,7-8H2,1-2H3. The molecule has 1 rings (SSSR count). The first-order valence-corrected chi connectivity index (χ1v) is 5.68. The van der Waals surface area contributed by atoms with Gasteiger partial charge >= 0.3 is 0 Å². The number of aliphatic hydroxyl groups excluding tert-OH is 1. The summed E-state index contributed by atoms with van der Waals surface area (Å²) in [5, 5.41) is 12.5. The van der Waals surface area contributed by atoms with Gasteiger partial charge in [-0.05, 0) is 24.6 Å². The Morgan fingerprint density at radius 3 is 2.69 bits per heavy atom. The lowest BCUT2D eigenvalue weighted by atomic mass is 9.88. The molecule has 1 unspecified atom stereocenters. The van der Waals surface area contributed by atoms with Crippen LogP contribution >= 0.6 is 11.6 Å². The molecule has 2 nitrogen and oxygen atoms in total. The number of nitrogens with one attached hydrogen (secondary N) is 1. The van der Waals surface area contributed by atoms with Gasteiger partial charge in [0, 0.05) is 17.6 Å². The molecular weight excluding hydrogens is 229 g/mol. The lowest BCUT2D eigenvalue weighted by molar-refractivity contribution is 0.149. The van der Waals surface area contributed by atoms with Crippen molar-refractivity contribution < 1.29 is 9.50 Å². The monoisotopic (exact) mass is 245 g/mol. The van der Waals surface area contributed by atoms with Crippen LogP contribution in [-0.4, -0.2) is 18.3 Å². The van der Waals surface area contributed by atoms with E-state index in [1.807, 2.05) is 13.8 Å². The van der Waals surface area contributed by atoms with E-state index in [1.165, 1.54) is 6.07 Å². The van der Waals surface area contributed by atoms with Crippen LogP contribution in [0.3, 0.4) is 0 Å². The van der Waals surface area contributed by atoms with Gasteiger partial charge in [-0.1, -0.05) is 25.4 Å². The van der Waals surface area contributed by atoms with Gasteiger partial charge in [0.05, 0.1) is 11.6 Å². The van der Waals surface area contributed by atoms with E-state index >= 15 is 0 Å². The number of benzene rings is 1. The normalized spacial score (nSPS) is 14.6. The van der Waals surface area contributed by atoms with E-state index in [0.29, 0.717) is 6.54 Å². The number of hydrogen-bond donors (Lipinski definition) is 2. The highest BCUT2D eigenvalue weighted by molar-refractivity contribution is 6.31. The molecule has 1 aromatic carbocycles. The molecule has 2 N–H and O–H groups in total. The van der Waals surface area contributed by atoms with Crippen molar-refractivity contribution in [3.8, 4) is 0 Å². The number of rotatable bonds is 5. The SMILES string of the molecule is CCC(C)(CO)CNc1ccc(F)c(Cl)c1. The van der Waals surface area contributed by atoms with Gasteiger partial charge in [0.1, 0.15) is 5.82 Å². The molecule has 0 saturated carbocycles. The molecule has 0 aliphatic heterocycles. The Morgan fingerprint density at radius 1 is 1.50 bits per heavy atom. The minimum Gasteiger partial charge on any atom is -0.396 e. The van der Waals surface area contributed by atoms with Gasteiger partial charge in [0.25, 0.3) is 0 Å². The third kappa shape index (κ3) is 3.35. The first-order valence-electron chi connectivity index (χ1n) is 5.30. The van der Waals surface area contributed by atoms with Crippen LogP contribution in [0.15, 0.2) is 18.2 Å². The zero-order chi connectivity index (χ0) is 12.2. The van der Waals surface area contributed by atoms with Crippen LogP contribution in [0.4, 0.5) is 10.1 Å². The molecule has 0 fully saturated rings. The van der Waals surface area contributed by atoms with Crippen LogP contribution in [0.2, 0.25) is 5.02 Å². The lowest BCUT2D eigenvalue weighted by Crippen LogP contribution is -2.29. The van der Waals surface area contributed by atoms with Crippen molar-refractivity contribution in [3.05, 3.63) is 29.0 Å². The number of anilines is 1. The van der Waals surface area contributed by atoms with Gasteiger partial charge < -0.3 is 10.4 Å². The highest BCUT2D eigenvalue weighted by atomic mass is 35.5. The lowest BCUT2D eigenvalue weighted by Gasteiger charge is -2.26. The quantitative estimate of drug-likeness (QED) is 0.834. The average Bonchev–Trinajstić information content (AvgIpc) is 2.30. The highest BCUT2D eigenvalue weighted by Gasteiger charge is 2.20. The van der Waals surface area contributed by atoms with Crippen molar-refractivity contribution in [3.63, 3.8) is 0 Å². The van der Waals surface area contributed by atoms with Crippen LogP contribution in [0.5, 0.6) is 0 Å². The fourth-order valence-corrected chi connectivity index (χ4v) is 1.39. The van der Waals surface area contributed by atoms with E-state index in [4.69, 9.17) is 11.6 Å². The zero-order valence-electron chi connectivity index (χ0n) is 9.56. The summed E-state index contributed by atoms with van der Waals surface area (Å²) in [7, 11) is 0. The Balaban J connectivity index is 2.64. The Morgan fingerprint density at radius 2 is 2.19 bits per heavy atom. The summed E-state index contributed by atoms with van der Waals surface area (Å²) >= 11 is 5.67. The summed E-state index contributed by atoms with van der Waals surface area (Å²) in [4.78, 5) is 0. The topological polar surface area (TPSA) is 32.3 Å². The van der Waals surface area contributed by atoms with Gasteiger partial charge in [-0.3, -0.25) is 0 Å². The Bertz CT molecular complexity index is 353. The molecule has 0 aromatic heterocycles. The maximum Gasteiger partial charge on any atom is 0.141 e. The van der Waals surface area contributed by atoms with Crippen molar-refractivity contribution in [2.75, 3.05) is 18.5 Å². The fraction of sp³-hybridized carbons (Fsp3) is 0.500. The summed E-state index contributed by atoms with van der Waals surface area (Å²) < 4.78 is 12.9. The first-order chi connectivity index (χ1) is 7.50. The largest absolute Gasteiger partial charge is 0.396 e. The number of hydrogen-bond acceptors (Lipinski definition) is 2. The molecule has 1 atom stereocenters. The minimum atomic E-state index is -0.423. The van der Waals surface area contributed by atoms with Crippen molar-refractivity contribution in [2.24, 2.45) is 5.41 Å². The molecule has 0 aliphatic rings. The van der Waals surface area contributed by atoms with Gasteiger partial charge in [-0.25, -0.2) is 4.39 Å². The predicted octanol–water partition coefficient (Wildman–Crippen LogP) is 3.30. The summed E-state index contributed by atoms with van der Waals surface area (Å²) in [6.45, 7) is 4.76. The van der Waals surface area contributed by atoms with Crippen molar-refractivity contribution in [1.29, 1.82) is 0 Å². The van der Waals surface area contributed by atoms with Crippen molar-refractivity contribution >= 4 is 17.3 Å². The predicted molar refractivity (Wildman–Crippen MR) is 65.4 cm³/mol. The summed E-state index contributed by atoms with van der Waals surface area (Å²) in [6.07, 6.45) is 0.866. The molecule has 0 saturated heterocycles. The number of halogens is 2. The fourth-order valence-electron chi connectivity index (χ4n) is 1.21. The van der Waals surface area contributed by atoms with E-state index in [9.17, 15) is 9.50 Å². The molecule has 90 valence electrons. The van der Waals surface area contributed by atoms with Crippen LogP contribution < -0.4 is 5.32 Å². The third-order valence-electron chi connectivity index (χ3n) is 2.87. The van der Waals surface area contributed by atoms with E-state index in [1.54, 1.807) is 12.1 Å².